The molecule has 0 saturated carbocycles. The molecular weight excluding hydrogens is 536 g/mol. The van der Waals surface area contributed by atoms with E-state index in [0.29, 0.717) is 23.2 Å². The molecule has 8 rings (SSSR count). The van der Waals surface area contributed by atoms with Crippen LogP contribution in [0.3, 0.4) is 0 Å². The number of hydrogen-bond acceptors (Lipinski definition) is 4. The van der Waals surface area contributed by atoms with Gasteiger partial charge < -0.3 is 0 Å². The zero-order valence-corrected chi connectivity index (χ0v) is 23.8. The van der Waals surface area contributed by atoms with E-state index in [1.165, 1.54) is 27.5 Å². The average Bonchev–Trinajstić information content (AvgIpc) is 3.11. The lowest BCUT2D eigenvalue weighted by atomic mass is 9.90. The summed E-state index contributed by atoms with van der Waals surface area (Å²) in [4.78, 5) is 19.7. The summed E-state index contributed by atoms with van der Waals surface area (Å²) in [7, 11) is 0. The zero-order chi connectivity index (χ0) is 29.3. The molecule has 0 amide bonds. The third-order valence-electron chi connectivity index (χ3n) is 7.96. The van der Waals surface area contributed by atoms with Gasteiger partial charge in [-0.05, 0) is 51.2 Å². The first-order chi connectivity index (χ1) is 21.8. The molecule has 0 atom stereocenters. The van der Waals surface area contributed by atoms with E-state index in [1.807, 2.05) is 66.7 Å². The van der Waals surface area contributed by atoms with Crippen molar-refractivity contribution in [2.45, 2.75) is 0 Å². The molecule has 0 radical (unpaired) electrons. The van der Waals surface area contributed by atoms with Crippen LogP contribution in [0.1, 0.15) is 0 Å². The zero-order valence-electron chi connectivity index (χ0n) is 23.8. The summed E-state index contributed by atoms with van der Waals surface area (Å²) in [6, 6.07) is 54.1. The first kappa shape index (κ1) is 25.7. The summed E-state index contributed by atoms with van der Waals surface area (Å²) < 4.78 is 0. The van der Waals surface area contributed by atoms with Crippen LogP contribution >= 0.6 is 0 Å². The third-order valence-corrected chi connectivity index (χ3v) is 7.96. The molecule has 0 fully saturated rings. The number of pyridine rings is 1. The summed E-state index contributed by atoms with van der Waals surface area (Å²) in [6.45, 7) is 0. The molecule has 8 aromatic rings. The van der Waals surface area contributed by atoms with E-state index in [2.05, 4.69) is 91.0 Å². The van der Waals surface area contributed by atoms with Crippen molar-refractivity contribution < 1.29 is 0 Å². The molecule has 0 aliphatic rings. The number of rotatable bonds is 5. The molecule has 6 aromatic carbocycles. The van der Waals surface area contributed by atoms with Gasteiger partial charge in [0, 0.05) is 16.5 Å². The minimum absolute atomic E-state index is 0.544. The van der Waals surface area contributed by atoms with Gasteiger partial charge >= 0.3 is 0 Å². The predicted molar refractivity (Wildman–Crippen MR) is 180 cm³/mol. The van der Waals surface area contributed by atoms with Crippen LogP contribution in [0.25, 0.3) is 78.2 Å². The smallest absolute Gasteiger partial charge is 0.182 e. The topological polar surface area (TPSA) is 51.6 Å². The summed E-state index contributed by atoms with van der Waals surface area (Å²) in [5, 5.41) is 3.52. The van der Waals surface area contributed by atoms with Gasteiger partial charge in [-0.1, -0.05) is 140 Å². The summed E-state index contributed by atoms with van der Waals surface area (Å²) >= 11 is 0. The van der Waals surface area contributed by atoms with E-state index in [4.69, 9.17) is 19.9 Å². The summed E-state index contributed by atoms with van der Waals surface area (Å²) in [5.41, 5.74) is 8.21. The highest BCUT2D eigenvalue weighted by molar-refractivity contribution is 6.09. The Morgan fingerprint density at radius 2 is 0.773 bits per heavy atom. The largest absolute Gasteiger partial charge is 0.244 e. The fourth-order valence-electron chi connectivity index (χ4n) is 5.84. The Bertz CT molecular complexity index is 2210. The maximum absolute atomic E-state index is 5.09. The van der Waals surface area contributed by atoms with Gasteiger partial charge in [-0.3, -0.25) is 0 Å². The van der Waals surface area contributed by atoms with Crippen LogP contribution in [-0.2, 0) is 0 Å². The lowest BCUT2D eigenvalue weighted by molar-refractivity contribution is 1.06. The molecule has 0 aliphatic heterocycles. The first-order valence-electron chi connectivity index (χ1n) is 14.7. The minimum Gasteiger partial charge on any atom is -0.244 e. The number of aromatic nitrogens is 4. The van der Waals surface area contributed by atoms with Crippen LogP contribution in [0.2, 0.25) is 0 Å². The summed E-state index contributed by atoms with van der Waals surface area (Å²) in [6.07, 6.45) is 0. The van der Waals surface area contributed by atoms with E-state index in [-0.39, 0.29) is 0 Å². The van der Waals surface area contributed by atoms with Gasteiger partial charge in [-0.15, -0.1) is 0 Å². The Labute approximate surface area is 255 Å². The highest BCUT2D eigenvalue weighted by atomic mass is 15.0. The summed E-state index contributed by atoms with van der Waals surface area (Å²) in [5.74, 6) is 1.79. The quantitative estimate of drug-likeness (QED) is 0.209. The second kappa shape index (κ2) is 11.0. The van der Waals surface area contributed by atoms with Crippen molar-refractivity contribution >= 4 is 21.7 Å². The fraction of sp³-hybridized carbons (Fsp3) is 0. The van der Waals surface area contributed by atoms with E-state index in [1.54, 1.807) is 0 Å². The SMILES string of the molecule is c1ccc(-c2nc(-c3ccccc3)nc(-c3ccc4c(-c5ccc(-c6ccccc6)c6ccccc56)cccc4n3)n2)cc1. The molecule has 2 heterocycles. The molecule has 0 spiro atoms. The Balaban J connectivity index is 1.27. The molecule has 0 saturated heterocycles. The third kappa shape index (κ3) is 4.69. The van der Waals surface area contributed by atoms with Crippen LogP contribution in [0, 0.1) is 0 Å². The molecule has 0 aliphatic carbocycles. The molecule has 44 heavy (non-hydrogen) atoms. The van der Waals surface area contributed by atoms with E-state index in [9.17, 15) is 0 Å². The Hall–Kier alpha value is -6.00. The molecule has 2 aromatic heterocycles. The monoisotopic (exact) mass is 562 g/mol. The molecule has 206 valence electrons. The van der Waals surface area contributed by atoms with Crippen molar-refractivity contribution in [3.63, 3.8) is 0 Å². The van der Waals surface area contributed by atoms with E-state index >= 15 is 0 Å². The van der Waals surface area contributed by atoms with Gasteiger partial charge in [-0.2, -0.15) is 0 Å². The lowest BCUT2D eigenvalue weighted by Crippen LogP contribution is -2.01. The van der Waals surface area contributed by atoms with E-state index in [0.717, 1.165) is 27.6 Å². The van der Waals surface area contributed by atoms with Crippen molar-refractivity contribution in [3.8, 4) is 56.5 Å². The van der Waals surface area contributed by atoms with Crippen molar-refractivity contribution in [2.75, 3.05) is 0 Å². The predicted octanol–water partition coefficient (Wildman–Crippen LogP) is 9.91. The molecular formula is C40H26N4. The second-order valence-electron chi connectivity index (χ2n) is 10.7. The second-order valence-corrected chi connectivity index (χ2v) is 10.7. The number of nitrogens with zero attached hydrogens (tertiary/aromatic N) is 4. The Kier molecular flexibility index (Phi) is 6.43. The van der Waals surface area contributed by atoms with Gasteiger partial charge in [0.2, 0.25) is 0 Å². The van der Waals surface area contributed by atoms with Crippen LogP contribution < -0.4 is 0 Å². The van der Waals surface area contributed by atoms with Gasteiger partial charge in [0.25, 0.3) is 0 Å². The van der Waals surface area contributed by atoms with Gasteiger partial charge in [0.05, 0.1) is 5.52 Å². The highest BCUT2D eigenvalue weighted by Gasteiger charge is 2.16. The number of hydrogen-bond donors (Lipinski definition) is 0. The molecule has 0 N–H and O–H groups in total. The van der Waals surface area contributed by atoms with Crippen molar-refractivity contribution in [1.29, 1.82) is 0 Å². The van der Waals surface area contributed by atoms with Crippen LogP contribution in [-0.4, -0.2) is 19.9 Å². The Morgan fingerprint density at radius 1 is 0.273 bits per heavy atom. The van der Waals surface area contributed by atoms with Crippen molar-refractivity contribution in [3.05, 3.63) is 158 Å². The maximum Gasteiger partial charge on any atom is 0.182 e. The van der Waals surface area contributed by atoms with Gasteiger partial charge in [-0.25, -0.2) is 19.9 Å². The van der Waals surface area contributed by atoms with Crippen molar-refractivity contribution in [1.82, 2.24) is 19.9 Å². The minimum atomic E-state index is 0.544. The molecule has 4 nitrogen and oxygen atoms in total. The highest BCUT2D eigenvalue weighted by Crippen LogP contribution is 2.38. The van der Waals surface area contributed by atoms with E-state index < -0.39 is 0 Å². The van der Waals surface area contributed by atoms with Crippen molar-refractivity contribution in [2.24, 2.45) is 0 Å². The fourth-order valence-corrected chi connectivity index (χ4v) is 5.84. The van der Waals surface area contributed by atoms with Crippen LogP contribution in [0.15, 0.2) is 158 Å². The molecule has 0 unspecified atom stereocenters. The normalized spacial score (nSPS) is 11.2. The maximum atomic E-state index is 5.09. The van der Waals surface area contributed by atoms with Crippen LogP contribution in [0.4, 0.5) is 0 Å². The number of fused-ring (bicyclic) bond motifs is 2. The first-order valence-corrected chi connectivity index (χ1v) is 14.7. The molecule has 0 bridgehead atoms. The van der Waals surface area contributed by atoms with Gasteiger partial charge in [0.15, 0.2) is 17.5 Å². The molecule has 4 heteroatoms. The van der Waals surface area contributed by atoms with Gasteiger partial charge in [0.1, 0.15) is 5.69 Å². The standard InChI is InChI=1S/C40H26N4/c1-4-13-27(14-5-1)30-23-24-34(32-20-11-10-19-31(30)32)33-21-12-22-36-35(33)25-26-37(41-36)40-43-38(28-15-6-2-7-16-28)42-39(44-40)29-17-8-3-9-18-29/h1-26H. The number of benzene rings is 6. The average molecular weight is 563 g/mol. The van der Waals surface area contributed by atoms with Crippen LogP contribution in [0.5, 0.6) is 0 Å². The Morgan fingerprint density at radius 3 is 1.41 bits per heavy atom. The lowest BCUT2D eigenvalue weighted by Gasteiger charge is -2.14.